The second-order valence-electron chi connectivity index (χ2n) is 3.21. The minimum Gasteiger partial charge on any atom is -0.310 e. The summed E-state index contributed by atoms with van der Waals surface area (Å²) in [6.45, 7) is 3.56. The smallest absolute Gasteiger partial charge is 0.255 e. The number of fused-ring (bicyclic) bond motifs is 1. The van der Waals surface area contributed by atoms with Crippen molar-refractivity contribution in [2.75, 3.05) is 6.54 Å². The SMILES string of the molecule is CCNCc1nc2c(c(=O)[nH]1)CSC2. The van der Waals surface area contributed by atoms with Gasteiger partial charge < -0.3 is 10.3 Å². The first kappa shape index (κ1) is 9.73. The Labute approximate surface area is 86.5 Å². The summed E-state index contributed by atoms with van der Waals surface area (Å²) in [5, 5.41) is 3.14. The lowest BCUT2D eigenvalue weighted by Gasteiger charge is -2.03. The second-order valence-corrected chi connectivity index (χ2v) is 4.20. The Hall–Kier alpha value is -0.810. The van der Waals surface area contributed by atoms with Crippen molar-refractivity contribution in [1.82, 2.24) is 15.3 Å². The minimum atomic E-state index is 0.0351. The van der Waals surface area contributed by atoms with E-state index in [0.717, 1.165) is 35.1 Å². The van der Waals surface area contributed by atoms with Gasteiger partial charge in [0, 0.05) is 17.1 Å². The fraction of sp³-hybridized carbons (Fsp3) is 0.556. The van der Waals surface area contributed by atoms with Crippen molar-refractivity contribution in [2.24, 2.45) is 0 Å². The molecule has 0 aliphatic carbocycles. The summed E-state index contributed by atoms with van der Waals surface area (Å²) in [6, 6.07) is 0. The molecule has 1 aliphatic rings. The number of nitrogens with zero attached hydrogens (tertiary/aromatic N) is 1. The lowest BCUT2D eigenvalue weighted by molar-refractivity contribution is 0.682. The van der Waals surface area contributed by atoms with Crippen molar-refractivity contribution >= 4 is 11.8 Å². The molecule has 0 spiro atoms. The van der Waals surface area contributed by atoms with Crippen LogP contribution in [0.3, 0.4) is 0 Å². The molecule has 0 atom stereocenters. The molecule has 0 radical (unpaired) electrons. The van der Waals surface area contributed by atoms with Crippen LogP contribution >= 0.6 is 11.8 Å². The number of hydrogen-bond acceptors (Lipinski definition) is 4. The summed E-state index contributed by atoms with van der Waals surface area (Å²) in [5.74, 6) is 2.43. The summed E-state index contributed by atoms with van der Waals surface area (Å²) in [5.41, 5.74) is 1.86. The van der Waals surface area contributed by atoms with E-state index in [2.05, 4.69) is 15.3 Å². The van der Waals surface area contributed by atoms with Gasteiger partial charge in [0.1, 0.15) is 5.82 Å². The third-order valence-corrected chi connectivity index (χ3v) is 3.15. The molecule has 5 heteroatoms. The van der Waals surface area contributed by atoms with E-state index in [-0.39, 0.29) is 5.56 Å². The third kappa shape index (κ3) is 1.83. The van der Waals surface area contributed by atoms with Crippen LogP contribution in [-0.4, -0.2) is 16.5 Å². The quantitative estimate of drug-likeness (QED) is 0.770. The van der Waals surface area contributed by atoms with Crippen LogP contribution in [-0.2, 0) is 18.1 Å². The Morgan fingerprint density at radius 1 is 1.57 bits per heavy atom. The maximum absolute atomic E-state index is 11.6. The molecule has 0 amide bonds. The van der Waals surface area contributed by atoms with Gasteiger partial charge in [-0.2, -0.15) is 11.8 Å². The average Bonchev–Trinajstić information content (AvgIpc) is 2.63. The zero-order valence-corrected chi connectivity index (χ0v) is 8.91. The summed E-state index contributed by atoms with van der Waals surface area (Å²) < 4.78 is 0. The van der Waals surface area contributed by atoms with E-state index >= 15 is 0 Å². The van der Waals surface area contributed by atoms with E-state index in [4.69, 9.17) is 0 Å². The molecule has 4 nitrogen and oxygen atoms in total. The van der Waals surface area contributed by atoms with E-state index in [1.807, 2.05) is 6.92 Å². The summed E-state index contributed by atoms with van der Waals surface area (Å²) in [7, 11) is 0. The molecule has 0 bridgehead atoms. The van der Waals surface area contributed by atoms with Crippen molar-refractivity contribution in [3.63, 3.8) is 0 Å². The highest BCUT2D eigenvalue weighted by Gasteiger charge is 2.16. The molecule has 1 aromatic heterocycles. The van der Waals surface area contributed by atoms with Crippen LogP contribution in [0.2, 0.25) is 0 Å². The molecule has 0 unspecified atom stereocenters. The first-order valence-corrected chi connectivity index (χ1v) is 5.86. The van der Waals surface area contributed by atoms with Gasteiger partial charge in [0.15, 0.2) is 0 Å². The van der Waals surface area contributed by atoms with Crippen LogP contribution in [0.4, 0.5) is 0 Å². The zero-order chi connectivity index (χ0) is 9.97. The van der Waals surface area contributed by atoms with Gasteiger partial charge in [0.05, 0.1) is 12.2 Å². The van der Waals surface area contributed by atoms with Gasteiger partial charge in [-0.25, -0.2) is 4.98 Å². The predicted molar refractivity (Wildman–Crippen MR) is 57.2 cm³/mol. The highest BCUT2D eigenvalue weighted by molar-refractivity contribution is 7.98. The highest BCUT2D eigenvalue weighted by atomic mass is 32.2. The number of rotatable bonds is 3. The molecular formula is C9H13N3OS. The standard InChI is InChI=1S/C9H13N3OS/c1-2-10-3-8-11-7-5-14-4-6(7)9(13)12-8/h10H,2-5H2,1H3,(H,11,12,13). The molecule has 0 saturated heterocycles. The summed E-state index contributed by atoms with van der Waals surface area (Å²) >= 11 is 1.75. The lowest BCUT2D eigenvalue weighted by atomic mass is 10.3. The van der Waals surface area contributed by atoms with Crippen LogP contribution in [0.15, 0.2) is 4.79 Å². The van der Waals surface area contributed by atoms with Crippen molar-refractivity contribution in [2.45, 2.75) is 25.0 Å². The van der Waals surface area contributed by atoms with E-state index in [1.165, 1.54) is 0 Å². The average molecular weight is 211 g/mol. The molecular weight excluding hydrogens is 198 g/mol. The molecule has 1 aromatic rings. The van der Waals surface area contributed by atoms with E-state index in [0.29, 0.717) is 6.54 Å². The number of H-pyrrole nitrogens is 1. The van der Waals surface area contributed by atoms with Gasteiger partial charge in [-0.1, -0.05) is 6.92 Å². The largest absolute Gasteiger partial charge is 0.310 e. The van der Waals surface area contributed by atoms with Crippen molar-refractivity contribution in [3.05, 3.63) is 27.4 Å². The number of aromatic amines is 1. The monoisotopic (exact) mass is 211 g/mol. The number of hydrogen-bond donors (Lipinski definition) is 2. The fourth-order valence-electron chi connectivity index (χ4n) is 1.44. The summed E-state index contributed by atoms with van der Waals surface area (Å²) in [6.07, 6.45) is 0. The normalized spacial score (nSPS) is 14.4. The molecule has 0 aromatic carbocycles. The van der Waals surface area contributed by atoms with Crippen LogP contribution < -0.4 is 10.9 Å². The van der Waals surface area contributed by atoms with Crippen molar-refractivity contribution in [3.8, 4) is 0 Å². The molecule has 2 heterocycles. The number of nitrogens with one attached hydrogen (secondary N) is 2. The lowest BCUT2D eigenvalue weighted by Crippen LogP contribution is -2.21. The molecule has 1 aliphatic heterocycles. The van der Waals surface area contributed by atoms with Crippen molar-refractivity contribution in [1.29, 1.82) is 0 Å². The first-order chi connectivity index (χ1) is 6.81. The van der Waals surface area contributed by atoms with E-state index in [9.17, 15) is 4.79 Å². The number of aromatic nitrogens is 2. The Morgan fingerprint density at radius 2 is 2.43 bits per heavy atom. The van der Waals surface area contributed by atoms with Crippen molar-refractivity contribution < 1.29 is 0 Å². The van der Waals surface area contributed by atoms with Crippen LogP contribution in [0.5, 0.6) is 0 Å². The maximum Gasteiger partial charge on any atom is 0.255 e. The summed E-state index contributed by atoms with van der Waals surface area (Å²) in [4.78, 5) is 18.8. The molecule has 76 valence electrons. The minimum absolute atomic E-state index is 0.0351. The molecule has 0 fully saturated rings. The van der Waals surface area contributed by atoms with E-state index in [1.54, 1.807) is 11.8 Å². The maximum atomic E-state index is 11.6. The second kappa shape index (κ2) is 4.14. The van der Waals surface area contributed by atoms with Crippen LogP contribution in [0.1, 0.15) is 24.0 Å². The van der Waals surface area contributed by atoms with Gasteiger partial charge in [-0.3, -0.25) is 4.79 Å². The molecule has 2 N–H and O–H groups in total. The number of thioether (sulfide) groups is 1. The zero-order valence-electron chi connectivity index (χ0n) is 8.09. The van der Waals surface area contributed by atoms with Gasteiger partial charge in [-0.05, 0) is 6.54 Å². The van der Waals surface area contributed by atoms with Gasteiger partial charge in [-0.15, -0.1) is 0 Å². The predicted octanol–water partition coefficient (Wildman–Crippen LogP) is 0.626. The fourth-order valence-corrected chi connectivity index (χ4v) is 2.48. The van der Waals surface area contributed by atoms with Crippen LogP contribution in [0, 0.1) is 0 Å². The third-order valence-electron chi connectivity index (χ3n) is 2.18. The van der Waals surface area contributed by atoms with Gasteiger partial charge in [0.25, 0.3) is 5.56 Å². The Kier molecular flexibility index (Phi) is 2.88. The topological polar surface area (TPSA) is 57.8 Å². The Morgan fingerprint density at radius 3 is 3.21 bits per heavy atom. The van der Waals surface area contributed by atoms with Gasteiger partial charge in [0.2, 0.25) is 0 Å². The highest BCUT2D eigenvalue weighted by Crippen LogP contribution is 2.24. The molecule has 0 saturated carbocycles. The first-order valence-electron chi connectivity index (χ1n) is 4.70. The molecule has 2 rings (SSSR count). The molecule has 14 heavy (non-hydrogen) atoms. The van der Waals surface area contributed by atoms with E-state index < -0.39 is 0 Å². The van der Waals surface area contributed by atoms with Crippen LogP contribution in [0.25, 0.3) is 0 Å². The Balaban J connectivity index is 2.28. The Bertz CT molecular complexity index is 388. The van der Waals surface area contributed by atoms with Gasteiger partial charge >= 0.3 is 0 Å².